The zero-order valence-corrected chi connectivity index (χ0v) is 12.9. The fourth-order valence-electron chi connectivity index (χ4n) is 2.17. The topological polar surface area (TPSA) is 98.5 Å². The predicted molar refractivity (Wildman–Crippen MR) is 75.8 cm³/mol. The van der Waals surface area contributed by atoms with Gasteiger partial charge in [0.25, 0.3) is 0 Å². The van der Waals surface area contributed by atoms with Gasteiger partial charge in [0.1, 0.15) is 6.04 Å². The zero-order chi connectivity index (χ0) is 15.5. The Morgan fingerprint density at radius 2 is 1.80 bits per heavy atom. The van der Waals surface area contributed by atoms with Crippen LogP contribution < -0.4 is 10.5 Å². The highest BCUT2D eigenvalue weighted by Gasteiger charge is 2.27. The summed E-state index contributed by atoms with van der Waals surface area (Å²) in [4.78, 5) is 11.6. The molecule has 0 spiro atoms. The molecule has 112 valence electrons. The van der Waals surface area contributed by atoms with Gasteiger partial charge >= 0.3 is 5.97 Å². The Morgan fingerprint density at radius 3 is 2.20 bits per heavy atom. The molecular formula is C13H20N2O4S. The van der Waals surface area contributed by atoms with Crippen molar-refractivity contribution < 1.29 is 17.9 Å². The van der Waals surface area contributed by atoms with Crippen LogP contribution in [0.3, 0.4) is 0 Å². The normalized spacial score (nSPS) is 13.1. The number of methoxy groups -OCH3 is 1. The Balaban J connectivity index is 3.21. The number of hydrogen-bond acceptors (Lipinski definition) is 5. The van der Waals surface area contributed by atoms with Crippen molar-refractivity contribution in [3.05, 3.63) is 28.8 Å². The third-order valence-electron chi connectivity index (χ3n) is 2.89. The van der Waals surface area contributed by atoms with Gasteiger partial charge in [-0.15, -0.1) is 0 Å². The smallest absolute Gasteiger partial charge is 0.325 e. The number of nitrogens with two attached hydrogens (primary N) is 1. The van der Waals surface area contributed by atoms with Gasteiger partial charge in [-0.25, -0.2) is 8.42 Å². The highest BCUT2D eigenvalue weighted by atomic mass is 32.2. The van der Waals surface area contributed by atoms with Crippen LogP contribution in [0, 0.1) is 20.8 Å². The Hall–Kier alpha value is -1.44. The van der Waals surface area contributed by atoms with Gasteiger partial charge < -0.3 is 10.5 Å². The van der Waals surface area contributed by atoms with E-state index in [-0.39, 0.29) is 11.4 Å². The molecule has 0 unspecified atom stereocenters. The van der Waals surface area contributed by atoms with Crippen LogP contribution >= 0.6 is 0 Å². The van der Waals surface area contributed by atoms with E-state index in [0.717, 1.165) is 5.56 Å². The number of aryl methyl sites for hydroxylation is 3. The molecule has 1 aromatic rings. The molecule has 0 aliphatic carbocycles. The molecule has 0 fully saturated rings. The van der Waals surface area contributed by atoms with Crippen LogP contribution in [0.2, 0.25) is 0 Å². The van der Waals surface area contributed by atoms with E-state index >= 15 is 0 Å². The minimum absolute atomic E-state index is 0.171. The first-order valence-corrected chi connectivity index (χ1v) is 7.59. The summed E-state index contributed by atoms with van der Waals surface area (Å²) in [5.74, 6) is -0.710. The fourth-order valence-corrected chi connectivity index (χ4v) is 3.82. The number of ether oxygens (including phenoxy) is 1. The van der Waals surface area contributed by atoms with E-state index in [1.54, 1.807) is 26.0 Å². The number of hydrogen-bond donors (Lipinski definition) is 2. The summed E-state index contributed by atoms with van der Waals surface area (Å²) in [6, 6.07) is 2.46. The third-order valence-corrected chi connectivity index (χ3v) is 4.67. The molecule has 0 aliphatic heterocycles. The van der Waals surface area contributed by atoms with Crippen molar-refractivity contribution in [1.82, 2.24) is 4.72 Å². The van der Waals surface area contributed by atoms with Crippen LogP contribution in [0.1, 0.15) is 16.7 Å². The zero-order valence-electron chi connectivity index (χ0n) is 12.1. The maximum Gasteiger partial charge on any atom is 0.325 e. The second-order valence-corrected chi connectivity index (χ2v) is 6.31. The molecule has 0 aromatic heterocycles. The highest BCUT2D eigenvalue weighted by molar-refractivity contribution is 7.89. The molecule has 0 heterocycles. The quantitative estimate of drug-likeness (QED) is 0.767. The Bertz CT molecular complexity index is 588. The molecule has 1 aromatic carbocycles. The Kier molecular flexibility index (Phi) is 5.27. The van der Waals surface area contributed by atoms with E-state index in [1.807, 2.05) is 6.92 Å². The fraction of sp³-hybridized carbons (Fsp3) is 0.462. The van der Waals surface area contributed by atoms with Gasteiger partial charge in [0.2, 0.25) is 10.0 Å². The average Bonchev–Trinajstić information content (AvgIpc) is 2.33. The SMILES string of the molecule is COC(=O)[C@H](CN)NS(=O)(=O)c1c(C)cc(C)cc1C. The van der Waals surface area contributed by atoms with E-state index in [9.17, 15) is 13.2 Å². The standard InChI is InChI=1S/C13H20N2O4S/c1-8-5-9(2)12(10(3)6-8)20(17,18)15-11(7-14)13(16)19-4/h5-6,11,15H,7,14H2,1-4H3/t11-/m0/s1. The lowest BCUT2D eigenvalue weighted by Crippen LogP contribution is -2.46. The van der Waals surface area contributed by atoms with Gasteiger partial charge in [-0.2, -0.15) is 4.72 Å². The van der Waals surface area contributed by atoms with E-state index in [1.165, 1.54) is 7.11 Å². The van der Waals surface area contributed by atoms with Crippen molar-refractivity contribution in [2.24, 2.45) is 5.73 Å². The van der Waals surface area contributed by atoms with Crippen LogP contribution in [-0.2, 0) is 19.6 Å². The molecule has 0 amide bonds. The van der Waals surface area contributed by atoms with E-state index in [0.29, 0.717) is 11.1 Å². The maximum atomic E-state index is 12.4. The summed E-state index contributed by atoms with van der Waals surface area (Å²) in [5, 5.41) is 0. The summed E-state index contributed by atoms with van der Waals surface area (Å²) in [6.07, 6.45) is 0. The first-order valence-electron chi connectivity index (χ1n) is 6.11. The largest absolute Gasteiger partial charge is 0.468 e. The molecule has 0 saturated carbocycles. The molecule has 6 nitrogen and oxygen atoms in total. The predicted octanol–water partition coefficient (Wildman–Crippen LogP) is 0.390. The Labute approximate surface area is 119 Å². The molecular weight excluding hydrogens is 280 g/mol. The van der Waals surface area contributed by atoms with Gasteiger partial charge in [0.15, 0.2) is 0 Å². The van der Waals surface area contributed by atoms with Crippen LogP contribution in [0.25, 0.3) is 0 Å². The number of carbonyl (C=O) groups is 1. The second kappa shape index (κ2) is 6.34. The van der Waals surface area contributed by atoms with Gasteiger partial charge in [-0.1, -0.05) is 17.7 Å². The van der Waals surface area contributed by atoms with Crippen molar-refractivity contribution >= 4 is 16.0 Å². The van der Waals surface area contributed by atoms with Crippen molar-refractivity contribution in [3.63, 3.8) is 0 Å². The number of benzene rings is 1. The molecule has 0 bridgehead atoms. The number of nitrogens with one attached hydrogen (secondary N) is 1. The van der Waals surface area contributed by atoms with Gasteiger partial charge in [-0.3, -0.25) is 4.79 Å². The van der Waals surface area contributed by atoms with Crippen molar-refractivity contribution in [1.29, 1.82) is 0 Å². The molecule has 7 heteroatoms. The number of sulfonamides is 1. The van der Waals surface area contributed by atoms with Gasteiger partial charge in [0.05, 0.1) is 12.0 Å². The third kappa shape index (κ3) is 3.56. The van der Waals surface area contributed by atoms with E-state index < -0.39 is 22.0 Å². The van der Waals surface area contributed by atoms with Crippen LogP contribution in [0.4, 0.5) is 0 Å². The summed E-state index contributed by atoms with van der Waals surface area (Å²) in [5.41, 5.74) is 7.62. The summed E-state index contributed by atoms with van der Waals surface area (Å²) < 4.78 is 31.6. The van der Waals surface area contributed by atoms with Crippen LogP contribution in [-0.4, -0.2) is 34.1 Å². The molecule has 3 N–H and O–H groups in total. The van der Waals surface area contributed by atoms with Crippen LogP contribution in [0.5, 0.6) is 0 Å². The van der Waals surface area contributed by atoms with Gasteiger partial charge in [-0.05, 0) is 31.9 Å². The van der Waals surface area contributed by atoms with Crippen molar-refractivity contribution in [3.8, 4) is 0 Å². The second-order valence-electron chi connectivity index (χ2n) is 4.66. The Morgan fingerprint density at radius 1 is 1.30 bits per heavy atom. The lowest BCUT2D eigenvalue weighted by atomic mass is 10.1. The van der Waals surface area contributed by atoms with Crippen LogP contribution in [0.15, 0.2) is 17.0 Å². The molecule has 20 heavy (non-hydrogen) atoms. The average molecular weight is 300 g/mol. The maximum absolute atomic E-state index is 12.4. The minimum atomic E-state index is -3.84. The van der Waals surface area contributed by atoms with E-state index in [4.69, 9.17) is 5.73 Å². The number of esters is 1. The first-order chi connectivity index (χ1) is 9.22. The summed E-state index contributed by atoms with van der Waals surface area (Å²) in [7, 11) is -2.65. The lowest BCUT2D eigenvalue weighted by Gasteiger charge is -2.17. The number of carbonyl (C=O) groups excluding carboxylic acids is 1. The minimum Gasteiger partial charge on any atom is -0.468 e. The van der Waals surface area contributed by atoms with Gasteiger partial charge in [0, 0.05) is 6.54 Å². The number of rotatable bonds is 5. The summed E-state index contributed by atoms with van der Waals surface area (Å²) in [6.45, 7) is 5.14. The molecule has 0 radical (unpaired) electrons. The lowest BCUT2D eigenvalue weighted by molar-refractivity contribution is -0.142. The monoisotopic (exact) mass is 300 g/mol. The molecule has 0 aliphatic rings. The molecule has 0 saturated heterocycles. The van der Waals surface area contributed by atoms with Crippen molar-refractivity contribution in [2.75, 3.05) is 13.7 Å². The molecule has 1 atom stereocenters. The summed E-state index contributed by atoms with van der Waals surface area (Å²) >= 11 is 0. The van der Waals surface area contributed by atoms with Crippen molar-refractivity contribution in [2.45, 2.75) is 31.7 Å². The molecule has 1 rings (SSSR count). The highest BCUT2D eigenvalue weighted by Crippen LogP contribution is 2.21. The first kappa shape index (κ1) is 16.6. The van der Waals surface area contributed by atoms with E-state index in [2.05, 4.69) is 9.46 Å².